The number of nitrogens with zero attached hydrogens (tertiary/aromatic N) is 2. The number of amides is 1. The largest absolute Gasteiger partial charge is 0.491 e. The second kappa shape index (κ2) is 7.87. The van der Waals surface area contributed by atoms with Gasteiger partial charge in [0.2, 0.25) is 0 Å². The number of aliphatic hydroxyl groups excluding tert-OH is 1. The van der Waals surface area contributed by atoms with E-state index in [9.17, 15) is 18.7 Å². The number of rotatable bonds is 7. The molecule has 2 N–H and O–H groups in total. The maximum absolute atomic E-state index is 13.0. The number of ether oxygens (including phenoxy) is 1. The van der Waals surface area contributed by atoms with Gasteiger partial charge in [-0.15, -0.1) is 0 Å². The normalized spacial score (nSPS) is 12.0. The van der Waals surface area contributed by atoms with Gasteiger partial charge in [0, 0.05) is 19.2 Å². The summed E-state index contributed by atoms with van der Waals surface area (Å²) in [5.41, 5.74) is 1.13. The Morgan fingerprint density at radius 2 is 2.12 bits per heavy atom. The highest BCUT2D eigenvalue weighted by Gasteiger charge is 2.15. The summed E-state index contributed by atoms with van der Waals surface area (Å²) in [6, 6.07) is 4.74. The van der Waals surface area contributed by atoms with E-state index < -0.39 is 17.7 Å². The summed E-state index contributed by atoms with van der Waals surface area (Å²) in [7, 11) is 0. The van der Waals surface area contributed by atoms with Gasteiger partial charge in [0.05, 0.1) is 5.69 Å². The molecule has 0 saturated carbocycles. The van der Waals surface area contributed by atoms with Crippen molar-refractivity contribution in [2.45, 2.75) is 26.5 Å². The Morgan fingerprint density at radius 3 is 2.79 bits per heavy atom. The summed E-state index contributed by atoms with van der Waals surface area (Å²) >= 11 is 0. The van der Waals surface area contributed by atoms with Gasteiger partial charge in [-0.25, -0.2) is 8.78 Å². The molecule has 0 radical (unpaired) electrons. The predicted molar refractivity (Wildman–Crippen MR) is 82.8 cm³/mol. The van der Waals surface area contributed by atoms with Gasteiger partial charge in [0.25, 0.3) is 5.91 Å². The average Bonchev–Trinajstić information content (AvgIpc) is 2.94. The number of aromatic nitrogens is 2. The highest BCUT2D eigenvalue weighted by atomic mass is 19.2. The van der Waals surface area contributed by atoms with Crippen LogP contribution >= 0.6 is 0 Å². The lowest BCUT2D eigenvalue weighted by Crippen LogP contribution is -2.36. The minimum absolute atomic E-state index is 0.0452. The number of aryl methyl sites for hydroxylation is 2. The van der Waals surface area contributed by atoms with Crippen LogP contribution in [-0.4, -0.2) is 40.0 Å². The fourth-order valence-electron chi connectivity index (χ4n) is 2.09. The van der Waals surface area contributed by atoms with E-state index in [0.29, 0.717) is 12.2 Å². The van der Waals surface area contributed by atoms with Crippen LogP contribution in [0.3, 0.4) is 0 Å². The van der Waals surface area contributed by atoms with Crippen molar-refractivity contribution in [2.24, 2.45) is 0 Å². The van der Waals surface area contributed by atoms with Crippen molar-refractivity contribution in [2.75, 3.05) is 13.2 Å². The SMILES string of the molecule is CCn1nc(C)cc1C(=O)NCC(O)COc1ccc(F)c(F)c1. The number of carbonyl (C=O) groups is 1. The lowest BCUT2D eigenvalue weighted by Gasteiger charge is -2.13. The molecule has 0 bridgehead atoms. The van der Waals surface area contributed by atoms with Gasteiger partial charge in [0.15, 0.2) is 11.6 Å². The van der Waals surface area contributed by atoms with Crippen LogP contribution in [0.5, 0.6) is 5.75 Å². The highest BCUT2D eigenvalue weighted by Crippen LogP contribution is 2.15. The molecule has 130 valence electrons. The third-order valence-corrected chi connectivity index (χ3v) is 3.27. The van der Waals surface area contributed by atoms with Crippen molar-refractivity contribution in [3.8, 4) is 5.75 Å². The summed E-state index contributed by atoms with van der Waals surface area (Å²) in [5, 5.41) is 16.6. The zero-order valence-corrected chi connectivity index (χ0v) is 13.4. The summed E-state index contributed by atoms with van der Waals surface area (Å²) in [5.74, 6) is -2.26. The summed E-state index contributed by atoms with van der Waals surface area (Å²) in [6.07, 6.45) is -0.999. The molecule has 0 saturated heterocycles. The van der Waals surface area contributed by atoms with Gasteiger partial charge >= 0.3 is 0 Å². The maximum atomic E-state index is 13.0. The Balaban J connectivity index is 1.83. The summed E-state index contributed by atoms with van der Waals surface area (Å²) in [6.45, 7) is 3.99. The van der Waals surface area contributed by atoms with Gasteiger partial charge in [-0.05, 0) is 32.0 Å². The molecule has 1 aromatic carbocycles. The van der Waals surface area contributed by atoms with Crippen molar-refractivity contribution in [1.29, 1.82) is 0 Å². The fraction of sp³-hybridized carbons (Fsp3) is 0.375. The number of nitrogens with one attached hydrogen (secondary N) is 1. The van der Waals surface area contributed by atoms with Crippen LogP contribution in [0.4, 0.5) is 8.78 Å². The molecular formula is C16H19F2N3O3. The van der Waals surface area contributed by atoms with E-state index in [1.54, 1.807) is 17.7 Å². The first kappa shape index (κ1) is 17.9. The number of carbonyl (C=O) groups excluding carboxylic acids is 1. The molecule has 1 atom stereocenters. The molecule has 0 spiro atoms. The zero-order valence-electron chi connectivity index (χ0n) is 13.4. The van der Waals surface area contributed by atoms with Crippen LogP contribution in [0.2, 0.25) is 0 Å². The number of hydrogen-bond acceptors (Lipinski definition) is 4. The smallest absolute Gasteiger partial charge is 0.269 e. The van der Waals surface area contributed by atoms with Crippen molar-refractivity contribution < 1.29 is 23.4 Å². The van der Waals surface area contributed by atoms with E-state index in [2.05, 4.69) is 10.4 Å². The third kappa shape index (κ3) is 4.51. The lowest BCUT2D eigenvalue weighted by molar-refractivity contribution is 0.0834. The molecule has 1 amide bonds. The van der Waals surface area contributed by atoms with E-state index in [0.717, 1.165) is 17.8 Å². The van der Waals surface area contributed by atoms with Crippen LogP contribution in [0.15, 0.2) is 24.3 Å². The highest BCUT2D eigenvalue weighted by molar-refractivity contribution is 5.92. The van der Waals surface area contributed by atoms with Crippen LogP contribution in [0, 0.1) is 18.6 Å². The molecule has 0 aliphatic heterocycles. The Morgan fingerprint density at radius 1 is 1.38 bits per heavy atom. The molecule has 8 heteroatoms. The molecule has 2 rings (SSSR count). The van der Waals surface area contributed by atoms with Crippen molar-refractivity contribution in [3.63, 3.8) is 0 Å². The van der Waals surface area contributed by atoms with E-state index in [1.165, 1.54) is 6.07 Å². The first-order valence-electron chi connectivity index (χ1n) is 7.49. The van der Waals surface area contributed by atoms with Crippen LogP contribution < -0.4 is 10.1 Å². The van der Waals surface area contributed by atoms with E-state index in [-0.39, 0.29) is 24.8 Å². The van der Waals surface area contributed by atoms with Gasteiger partial charge in [-0.3, -0.25) is 9.48 Å². The molecule has 2 aromatic rings. The quantitative estimate of drug-likeness (QED) is 0.804. The van der Waals surface area contributed by atoms with Gasteiger partial charge < -0.3 is 15.2 Å². The minimum Gasteiger partial charge on any atom is -0.491 e. The van der Waals surface area contributed by atoms with Crippen LogP contribution in [0.1, 0.15) is 23.1 Å². The molecule has 0 aliphatic carbocycles. The Labute approximate surface area is 138 Å². The first-order chi connectivity index (χ1) is 11.4. The maximum Gasteiger partial charge on any atom is 0.269 e. The van der Waals surface area contributed by atoms with Crippen molar-refractivity contribution in [3.05, 3.63) is 47.3 Å². The second-order valence-electron chi connectivity index (χ2n) is 5.24. The minimum atomic E-state index is -1.03. The molecule has 1 unspecified atom stereocenters. The van der Waals surface area contributed by atoms with E-state index >= 15 is 0 Å². The number of halogens is 2. The second-order valence-corrected chi connectivity index (χ2v) is 5.24. The van der Waals surface area contributed by atoms with Crippen molar-refractivity contribution >= 4 is 5.91 Å². The average molecular weight is 339 g/mol. The van der Waals surface area contributed by atoms with Crippen molar-refractivity contribution in [1.82, 2.24) is 15.1 Å². The molecule has 1 heterocycles. The third-order valence-electron chi connectivity index (χ3n) is 3.27. The molecule has 0 fully saturated rings. The molecule has 1 aromatic heterocycles. The fourth-order valence-corrected chi connectivity index (χ4v) is 2.09. The standard InChI is InChI=1S/C16H19F2N3O3/c1-3-21-15(6-10(2)20-21)16(23)19-8-11(22)9-24-12-4-5-13(17)14(18)7-12/h4-7,11,22H,3,8-9H2,1-2H3,(H,19,23). The zero-order chi connectivity index (χ0) is 17.7. The number of benzene rings is 1. The topological polar surface area (TPSA) is 76.4 Å². The number of hydrogen-bond donors (Lipinski definition) is 2. The number of aliphatic hydroxyl groups is 1. The van der Waals surface area contributed by atoms with Gasteiger partial charge in [-0.1, -0.05) is 0 Å². The Bertz CT molecular complexity index is 719. The van der Waals surface area contributed by atoms with E-state index in [1.807, 2.05) is 6.92 Å². The van der Waals surface area contributed by atoms with Crippen LogP contribution in [0.25, 0.3) is 0 Å². The molecule has 6 nitrogen and oxygen atoms in total. The Hall–Kier alpha value is -2.48. The molecule has 0 aliphatic rings. The van der Waals surface area contributed by atoms with Gasteiger partial charge in [0.1, 0.15) is 24.2 Å². The monoisotopic (exact) mass is 339 g/mol. The summed E-state index contributed by atoms with van der Waals surface area (Å²) < 4.78 is 32.6. The van der Waals surface area contributed by atoms with Gasteiger partial charge in [-0.2, -0.15) is 5.10 Å². The predicted octanol–water partition coefficient (Wildman–Crippen LogP) is 1.66. The van der Waals surface area contributed by atoms with Crippen LogP contribution in [-0.2, 0) is 6.54 Å². The Kier molecular flexibility index (Phi) is 5.86. The molecular weight excluding hydrogens is 320 g/mol. The lowest BCUT2D eigenvalue weighted by atomic mass is 10.3. The van der Waals surface area contributed by atoms with E-state index in [4.69, 9.17) is 4.74 Å². The first-order valence-corrected chi connectivity index (χ1v) is 7.49. The molecule has 24 heavy (non-hydrogen) atoms. The summed E-state index contributed by atoms with van der Waals surface area (Å²) in [4.78, 5) is 12.1.